The number of carboxylic acid groups (broad SMARTS) is 2. The maximum absolute atomic E-state index is 12.4. The van der Waals surface area contributed by atoms with Gasteiger partial charge in [0, 0.05) is 24.7 Å². The highest BCUT2D eigenvalue weighted by Crippen LogP contribution is 2.19. The SMILES string of the molecule is CN(Cc1cnc2nc(N)nc(N)c2n1)c1ccc(C(=O)N[C@@H](CCC(=O)O)C(=O)O)cc1.Nc1nc(=S)c2[nH]cnc2[nH]1.Sn1cnc2cncnc21. The van der Waals surface area contributed by atoms with Crippen LogP contribution in [0.2, 0.25) is 0 Å². The number of aliphatic carboxylic acids is 2. The molecule has 6 aromatic heterocycles. The Bertz CT molecular complexity index is 2510. The summed E-state index contributed by atoms with van der Waals surface area (Å²) < 4.78 is 1.99. The molecule has 1 atom stereocenters. The summed E-state index contributed by atoms with van der Waals surface area (Å²) in [6.45, 7) is 0.370. The Balaban J connectivity index is 0.000000212. The first-order chi connectivity index (χ1) is 25.8. The molecule has 0 bridgehead atoms. The summed E-state index contributed by atoms with van der Waals surface area (Å²) in [6.07, 6.45) is 7.21. The number of carbonyl (C=O) groups excluding carboxylic acids is 1. The van der Waals surface area contributed by atoms with Crippen LogP contribution in [-0.4, -0.2) is 99.9 Å². The van der Waals surface area contributed by atoms with Gasteiger partial charge in [-0.15, -0.1) is 0 Å². The Morgan fingerprint density at radius 1 is 1.02 bits per heavy atom. The summed E-state index contributed by atoms with van der Waals surface area (Å²) in [5.74, 6) is -2.62. The minimum atomic E-state index is -1.30. The van der Waals surface area contributed by atoms with Crippen molar-refractivity contribution in [2.75, 3.05) is 29.1 Å². The maximum Gasteiger partial charge on any atom is 0.326 e. The molecule has 0 saturated carbocycles. The van der Waals surface area contributed by atoms with Crippen molar-refractivity contribution in [3.05, 3.63) is 71.5 Å². The lowest BCUT2D eigenvalue weighted by Gasteiger charge is -2.19. The number of aromatic nitrogens is 12. The molecule has 0 aliphatic carbocycles. The molecular weight excluding hydrogens is 743 g/mol. The second-order valence-electron chi connectivity index (χ2n) is 11.1. The van der Waals surface area contributed by atoms with Gasteiger partial charge >= 0.3 is 11.9 Å². The average molecular weight is 774 g/mol. The van der Waals surface area contributed by atoms with Gasteiger partial charge in [0.2, 0.25) is 11.9 Å². The first kappa shape index (κ1) is 38.2. The van der Waals surface area contributed by atoms with Gasteiger partial charge in [-0.25, -0.2) is 39.7 Å². The van der Waals surface area contributed by atoms with Crippen LogP contribution >= 0.6 is 25.0 Å². The Morgan fingerprint density at radius 2 is 1.78 bits per heavy atom. The second kappa shape index (κ2) is 17.0. The number of hydrogen-bond donors (Lipinski definition) is 9. The van der Waals surface area contributed by atoms with Crippen molar-refractivity contribution in [1.82, 2.24) is 64.1 Å². The number of amides is 1. The summed E-state index contributed by atoms with van der Waals surface area (Å²) in [6, 6.07) is 5.16. The molecule has 0 radical (unpaired) electrons. The number of benzene rings is 1. The number of nitrogens with zero attached hydrogens (tertiary/aromatic N) is 11. The van der Waals surface area contributed by atoms with Crippen molar-refractivity contribution in [3.63, 3.8) is 0 Å². The van der Waals surface area contributed by atoms with Crippen LogP contribution in [-0.2, 0) is 16.1 Å². The first-order valence-corrected chi connectivity index (χ1v) is 16.2. The molecular formula is C30H31N17O5S2. The van der Waals surface area contributed by atoms with Crippen molar-refractivity contribution < 1.29 is 24.6 Å². The Morgan fingerprint density at radius 3 is 2.48 bits per heavy atom. The molecule has 0 aliphatic rings. The Kier molecular flexibility index (Phi) is 12.0. The number of aromatic amines is 2. The fourth-order valence-corrected chi connectivity index (χ4v) is 5.11. The van der Waals surface area contributed by atoms with Crippen LogP contribution in [0.25, 0.3) is 33.5 Å². The summed E-state index contributed by atoms with van der Waals surface area (Å²) in [4.78, 5) is 77.8. The highest BCUT2D eigenvalue weighted by molar-refractivity contribution is 7.78. The molecule has 7 aromatic rings. The summed E-state index contributed by atoms with van der Waals surface area (Å²) in [5, 5.41) is 20.2. The van der Waals surface area contributed by atoms with Crippen LogP contribution in [0.4, 0.5) is 23.4 Å². The van der Waals surface area contributed by atoms with Gasteiger partial charge in [0.15, 0.2) is 32.9 Å². The highest BCUT2D eigenvalue weighted by Gasteiger charge is 2.22. The van der Waals surface area contributed by atoms with Crippen molar-refractivity contribution in [3.8, 4) is 0 Å². The van der Waals surface area contributed by atoms with Gasteiger partial charge in [-0.2, -0.15) is 9.97 Å². The van der Waals surface area contributed by atoms with E-state index in [4.69, 9.17) is 34.5 Å². The maximum atomic E-state index is 12.4. The van der Waals surface area contributed by atoms with Gasteiger partial charge < -0.3 is 47.6 Å². The molecule has 0 saturated heterocycles. The molecule has 11 N–H and O–H groups in total. The standard InChI is InChI=1S/C20H22N8O5.C5H5N5S.C5H4N4S/c1-28(9-11-8-23-17-15(24-11)16(21)26-20(22)27-17)12-4-2-10(3-5-12)18(31)25-13(19(32)33)6-7-14(29)30;6-5-9-3-2(4(11)10-5)7-1-8-3;10-9-3-8-4-1-6-2-7-5(4)9/h2-5,8,13H,6-7,9H2,1H3,(H,25,31)(H,29,30)(H,32,33)(H4,21,22,23,26,27);1H,(H4,6,7,8,9,10,11);1-3,10H/t13-;;/m0../s1. The topological polar surface area (TPSA) is 338 Å². The third-order valence-corrected chi connectivity index (χ3v) is 7.83. The number of nitrogen functional groups attached to an aromatic ring is 3. The number of rotatable bonds is 9. The quantitative estimate of drug-likeness (QED) is 0.0739. The number of H-pyrrole nitrogens is 2. The van der Waals surface area contributed by atoms with Gasteiger partial charge in [0.05, 0.1) is 31.0 Å². The number of hydrogen-bond acceptors (Lipinski definition) is 18. The first-order valence-electron chi connectivity index (χ1n) is 15.4. The van der Waals surface area contributed by atoms with Gasteiger partial charge in [-0.1, -0.05) is 25.0 Å². The third-order valence-electron chi connectivity index (χ3n) is 7.24. The van der Waals surface area contributed by atoms with Gasteiger partial charge in [-0.3, -0.25) is 13.6 Å². The molecule has 54 heavy (non-hydrogen) atoms. The minimum Gasteiger partial charge on any atom is -0.481 e. The number of fused-ring (bicyclic) bond motifs is 3. The Labute approximate surface area is 313 Å². The van der Waals surface area contributed by atoms with Gasteiger partial charge in [0.1, 0.15) is 29.7 Å². The van der Waals surface area contributed by atoms with Gasteiger partial charge in [0.25, 0.3) is 5.91 Å². The molecule has 7 rings (SSSR count). The minimum absolute atomic E-state index is 0.0138. The van der Waals surface area contributed by atoms with Crippen LogP contribution < -0.4 is 27.4 Å². The number of imidazole rings is 2. The van der Waals surface area contributed by atoms with E-state index in [0.717, 1.165) is 16.9 Å². The smallest absolute Gasteiger partial charge is 0.326 e. The predicted molar refractivity (Wildman–Crippen MR) is 201 cm³/mol. The third kappa shape index (κ3) is 9.62. The number of anilines is 4. The van der Waals surface area contributed by atoms with Crippen LogP contribution in [0, 0.1) is 4.64 Å². The molecule has 1 amide bonds. The zero-order valence-electron chi connectivity index (χ0n) is 28.0. The zero-order chi connectivity index (χ0) is 38.9. The molecule has 0 unspecified atom stereocenters. The van der Waals surface area contributed by atoms with Crippen LogP contribution in [0.15, 0.2) is 55.6 Å². The van der Waals surface area contributed by atoms with Crippen molar-refractivity contribution in [2.45, 2.75) is 25.4 Å². The van der Waals surface area contributed by atoms with E-state index < -0.39 is 23.9 Å². The average Bonchev–Trinajstić information content (AvgIpc) is 3.77. The lowest BCUT2D eigenvalue weighted by Crippen LogP contribution is -2.41. The van der Waals surface area contributed by atoms with E-state index in [2.05, 4.69) is 73.0 Å². The predicted octanol–water partition coefficient (Wildman–Crippen LogP) is 1.39. The van der Waals surface area contributed by atoms with E-state index in [1.165, 1.54) is 24.8 Å². The molecule has 0 aliphatic heterocycles. The van der Waals surface area contributed by atoms with E-state index in [-0.39, 0.29) is 36.1 Å². The van der Waals surface area contributed by atoms with Crippen LogP contribution in [0.3, 0.4) is 0 Å². The van der Waals surface area contributed by atoms with Crippen LogP contribution in [0.5, 0.6) is 0 Å². The highest BCUT2D eigenvalue weighted by atomic mass is 32.1. The zero-order valence-corrected chi connectivity index (χ0v) is 29.7. The van der Waals surface area contributed by atoms with Crippen LogP contribution in [0.1, 0.15) is 28.9 Å². The van der Waals surface area contributed by atoms with Crippen molar-refractivity contribution in [1.29, 1.82) is 0 Å². The largest absolute Gasteiger partial charge is 0.481 e. The van der Waals surface area contributed by atoms with E-state index in [1.807, 2.05) is 11.9 Å². The molecule has 22 nitrogen and oxygen atoms in total. The van der Waals surface area contributed by atoms with E-state index in [9.17, 15) is 19.5 Å². The molecule has 1 aromatic carbocycles. The van der Waals surface area contributed by atoms with Gasteiger partial charge in [-0.05, 0) is 30.7 Å². The lowest BCUT2D eigenvalue weighted by atomic mass is 10.1. The molecule has 0 fully saturated rings. The van der Waals surface area contributed by atoms with E-state index >= 15 is 0 Å². The summed E-state index contributed by atoms with van der Waals surface area (Å²) in [5.41, 5.74) is 21.9. The number of nitrogens with one attached hydrogen (secondary N) is 3. The normalized spacial score (nSPS) is 11.2. The number of nitrogens with two attached hydrogens (primary N) is 3. The lowest BCUT2D eigenvalue weighted by molar-refractivity contribution is -0.140. The van der Waals surface area contributed by atoms with E-state index in [1.54, 1.807) is 34.8 Å². The van der Waals surface area contributed by atoms with E-state index in [0.29, 0.717) is 39.2 Å². The number of carboxylic acids is 2. The molecule has 24 heteroatoms. The molecule has 278 valence electrons. The fraction of sp³-hybridized carbons (Fsp3) is 0.167. The van der Waals surface area contributed by atoms with Crippen molar-refractivity contribution in [2.24, 2.45) is 0 Å². The number of thiol groups is 1. The van der Waals surface area contributed by atoms with Crippen molar-refractivity contribution >= 4 is 99.8 Å². The fourth-order valence-electron chi connectivity index (χ4n) is 4.65. The molecule has 6 heterocycles. The molecule has 0 spiro atoms. The second-order valence-corrected chi connectivity index (χ2v) is 11.9. The summed E-state index contributed by atoms with van der Waals surface area (Å²) >= 11 is 8.98. The summed E-state index contributed by atoms with van der Waals surface area (Å²) in [7, 11) is 1.82. The monoisotopic (exact) mass is 773 g/mol. The Hall–Kier alpha value is -7.08. The number of carbonyl (C=O) groups is 3.